The van der Waals surface area contributed by atoms with Crippen LogP contribution in [0.1, 0.15) is 50.7 Å². The summed E-state index contributed by atoms with van der Waals surface area (Å²) < 4.78 is 0. The van der Waals surface area contributed by atoms with Gasteiger partial charge in [0.1, 0.15) is 0 Å². The van der Waals surface area contributed by atoms with Crippen LogP contribution >= 0.6 is 0 Å². The third-order valence-electron chi connectivity index (χ3n) is 4.76. The Balaban J connectivity index is 2.08. The molecule has 0 heterocycles. The highest BCUT2D eigenvalue weighted by molar-refractivity contribution is 5.51. The van der Waals surface area contributed by atoms with Gasteiger partial charge in [-0.1, -0.05) is 19.9 Å². The Morgan fingerprint density at radius 3 is 2.42 bits per heavy atom. The zero-order chi connectivity index (χ0) is 14.0. The number of hydrogen-bond donors (Lipinski definition) is 1. The fourth-order valence-corrected chi connectivity index (χ4v) is 3.06. The van der Waals surface area contributed by atoms with E-state index in [1.54, 1.807) is 0 Å². The molecule has 1 aromatic rings. The first kappa shape index (κ1) is 14.4. The highest BCUT2D eigenvalue weighted by atomic mass is 16.3. The molecule has 0 radical (unpaired) electrons. The van der Waals surface area contributed by atoms with Gasteiger partial charge in [-0.25, -0.2) is 0 Å². The topological polar surface area (TPSA) is 23.5 Å². The zero-order valence-corrected chi connectivity index (χ0v) is 12.7. The summed E-state index contributed by atoms with van der Waals surface area (Å²) in [6.45, 7) is 6.97. The third-order valence-corrected chi connectivity index (χ3v) is 4.76. The first-order valence-electron chi connectivity index (χ1n) is 7.36. The average molecular weight is 261 g/mol. The monoisotopic (exact) mass is 261 g/mol. The first-order chi connectivity index (χ1) is 8.93. The van der Waals surface area contributed by atoms with Gasteiger partial charge in [0.2, 0.25) is 0 Å². The van der Waals surface area contributed by atoms with Gasteiger partial charge in [-0.3, -0.25) is 0 Å². The van der Waals surface area contributed by atoms with E-state index in [1.165, 1.54) is 36.9 Å². The van der Waals surface area contributed by atoms with E-state index >= 15 is 0 Å². The lowest BCUT2D eigenvalue weighted by atomic mass is 9.75. The summed E-state index contributed by atoms with van der Waals surface area (Å²) in [5, 5.41) is 9.24. The molecule has 0 aromatic heterocycles. The Kier molecular flexibility index (Phi) is 4.19. The maximum Gasteiger partial charge on any atom is 0.0684 e. The molecule has 1 fully saturated rings. The van der Waals surface area contributed by atoms with Crippen LogP contribution in [-0.2, 0) is 6.61 Å². The lowest BCUT2D eigenvalue weighted by Gasteiger charge is -2.39. The normalized spacial score (nSPS) is 19.4. The predicted molar refractivity (Wildman–Crippen MR) is 81.5 cm³/mol. The minimum Gasteiger partial charge on any atom is -0.392 e. The summed E-state index contributed by atoms with van der Waals surface area (Å²) in [4.78, 5) is 2.42. The van der Waals surface area contributed by atoms with Gasteiger partial charge in [-0.15, -0.1) is 0 Å². The molecule has 2 heteroatoms. The van der Waals surface area contributed by atoms with Crippen molar-refractivity contribution >= 4 is 5.69 Å². The molecule has 0 saturated heterocycles. The summed E-state index contributed by atoms with van der Waals surface area (Å²) >= 11 is 0. The molecule has 1 N–H and O–H groups in total. The van der Waals surface area contributed by atoms with E-state index < -0.39 is 0 Å². The minimum absolute atomic E-state index is 0.132. The van der Waals surface area contributed by atoms with E-state index in [0.717, 1.165) is 5.56 Å². The molecule has 1 aromatic carbocycles. The van der Waals surface area contributed by atoms with Crippen molar-refractivity contribution in [1.29, 1.82) is 0 Å². The number of rotatable bonds is 3. The molecule has 0 amide bonds. The average Bonchev–Trinajstić information content (AvgIpc) is 2.38. The maximum absolute atomic E-state index is 9.24. The second kappa shape index (κ2) is 5.54. The third kappa shape index (κ3) is 3.30. The van der Waals surface area contributed by atoms with Crippen molar-refractivity contribution in [3.63, 3.8) is 0 Å². The molecule has 1 aliphatic rings. The van der Waals surface area contributed by atoms with Gasteiger partial charge in [0, 0.05) is 18.8 Å². The molecule has 0 bridgehead atoms. The molecule has 106 valence electrons. The molecule has 1 saturated carbocycles. The van der Waals surface area contributed by atoms with Gasteiger partial charge in [0.05, 0.1) is 6.61 Å². The molecule has 2 nitrogen and oxygen atoms in total. The maximum atomic E-state index is 9.24. The second-order valence-corrected chi connectivity index (χ2v) is 6.78. The van der Waals surface area contributed by atoms with Crippen LogP contribution in [0.4, 0.5) is 5.69 Å². The van der Waals surface area contributed by atoms with Gasteiger partial charge in [-0.2, -0.15) is 0 Å². The van der Waals surface area contributed by atoms with Crippen LogP contribution in [0.5, 0.6) is 0 Å². The number of benzene rings is 1. The van der Waals surface area contributed by atoms with E-state index in [-0.39, 0.29) is 6.61 Å². The molecule has 1 aliphatic carbocycles. The molecular weight excluding hydrogens is 234 g/mol. The molecule has 0 unspecified atom stereocenters. The molecular formula is C17H27NO. The standard InChI is InChI=1S/C17H27NO/c1-13-11-16(6-5-14(13)12-19)18(4)15-7-9-17(2,3)10-8-15/h5-6,11,15,19H,7-10,12H2,1-4H3. The fraction of sp³-hybridized carbons (Fsp3) is 0.647. The number of nitrogens with zero attached hydrogens (tertiary/aromatic N) is 1. The van der Waals surface area contributed by atoms with Gasteiger partial charge in [-0.05, 0) is 61.3 Å². The lowest BCUT2D eigenvalue weighted by molar-refractivity contribution is 0.222. The number of aliphatic hydroxyl groups excluding tert-OH is 1. The van der Waals surface area contributed by atoms with Crippen LogP contribution in [0, 0.1) is 12.3 Å². The lowest BCUT2D eigenvalue weighted by Crippen LogP contribution is -2.37. The highest BCUT2D eigenvalue weighted by Gasteiger charge is 2.28. The van der Waals surface area contributed by atoms with Crippen LogP contribution < -0.4 is 4.90 Å². The van der Waals surface area contributed by atoms with E-state index in [0.29, 0.717) is 11.5 Å². The van der Waals surface area contributed by atoms with Crippen molar-refractivity contribution in [3.8, 4) is 0 Å². The van der Waals surface area contributed by atoms with Crippen molar-refractivity contribution in [3.05, 3.63) is 29.3 Å². The van der Waals surface area contributed by atoms with Crippen LogP contribution in [0.3, 0.4) is 0 Å². The quantitative estimate of drug-likeness (QED) is 0.892. The Morgan fingerprint density at radius 2 is 1.89 bits per heavy atom. The SMILES string of the molecule is Cc1cc(N(C)C2CCC(C)(C)CC2)ccc1CO. The Hall–Kier alpha value is -1.02. The van der Waals surface area contributed by atoms with Gasteiger partial charge >= 0.3 is 0 Å². The summed E-state index contributed by atoms with van der Waals surface area (Å²) in [6, 6.07) is 7.05. The van der Waals surface area contributed by atoms with E-state index in [2.05, 4.69) is 44.9 Å². The smallest absolute Gasteiger partial charge is 0.0684 e. The zero-order valence-electron chi connectivity index (χ0n) is 12.7. The van der Waals surface area contributed by atoms with E-state index in [4.69, 9.17) is 0 Å². The van der Waals surface area contributed by atoms with E-state index in [1.807, 2.05) is 6.07 Å². The number of hydrogen-bond acceptors (Lipinski definition) is 2. The highest BCUT2D eigenvalue weighted by Crippen LogP contribution is 2.37. The number of aliphatic hydroxyl groups is 1. The fourth-order valence-electron chi connectivity index (χ4n) is 3.06. The van der Waals surface area contributed by atoms with Crippen molar-refractivity contribution < 1.29 is 5.11 Å². The Labute approximate surface area is 117 Å². The Bertz CT molecular complexity index is 429. The van der Waals surface area contributed by atoms with Crippen molar-refractivity contribution in [2.45, 2.75) is 59.1 Å². The van der Waals surface area contributed by atoms with Crippen LogP contribution in [0.2, 0.25) is 0 Å². The van der Waals surface area contributed by atoms with Crippen molar-refractivity contribution in [2.24, 2.45) is 5.41 Å². The second-order valence-electron chi connectivity index (χ2n) is 6.78. The molecule has 0 aliphatic heterocycles. The first-order valence-corrected chi connectivity index (χ1v) is 7.36. The largest absolute Gasteiger partial charge is 0.392 e. The van der Waals surface area contributed by atoms with Crippen molar-refractivity contribution in [2.75, 3.05) is 11.9 Å². The molecule has 0 spiro atoms. The molecule has 19 heavy (non-hydrogen) atoms. The van der Waals surface area contributed by atoms with Gasteiger partial charge in [0.15, 0.2) is 0 Å². The van der Waals surface area contributed by atoms with Crippen LogP contribution in [0.15, 0.2) is 18.2 Å². The summed E-state index contributed by atoms with van der Waals surface area (Å²) in [7, 11) is 2.20. The van der Waals surface area contributed by atoms with Gasteiger partial charge in [0.25, 0.3) is 0 Å². The Morgan fingerprint density at radius 1 is 1.26 bits per heavy atom. The summed E-state index contributed by atoms with van der Waals surface area (Å²) in [6.07, 6.45) is 5.19. The molecule has 0 atom stereocenters. The number of anilines is 1. The van der Waals surface area contributed by atoms with E-state index in [9.17, 15) is 5.11 Å². The predicted octanol–water partition coefficient (Wildman–Crippen LogP) is 3.89. The summed E-state index contributed by atoms with van der Waals surface area (Å²) in [5.41, 5.74) is 4.01. The minimum atomic E-state index is 0.132. The number of aryl methyl sites for hydroxylation is 1. The van der Waals surface area contributed by atoms with Crippen LogP contribution in [-0.4, -0.2) is 18.2 Å². The van der Waals surface area contributed by atoms with Gasteiger partial charge < -0.3 is 10.0 Å². The van der Waals surface area contributed by atoms with Crippen molar-refractivity contribution in [1.82, 2.24) is 0 Å². The molecule has 2 rings (SSSR count). The van der Waals surface area contributed by atoms with Crippen LogP contribution in [0.25, 0.3) is 0 Å². The summed E-state index contributed by atoms with van der Waals surface area (Å²) in [5.74, 6) is 0.